The van der Waals surface area contributed by atoms with E-state index in [0.29, 0.717) is 0 Å². The topological polar surface area (TPSA) is 31.6 Å². The predicted molar refractivity (Wildman–Crippen MR) is 163 cm³/mol. The molecule has 2 N–H and O–H groups in total. The largest absolute Gasteiger partial charge is 0.355 e. The Hall–Kier alpha value is -5.08. The molecular formula is C36H22N2. The summed E-state index contributed by atoms with van der Waals surface area (Å²) in [5, 5.41) is 12.8. The molecule has 0 saturated carbocycles. The minimum Gasteiger partial charge on any atom is -0.355 e. The highest BCUT2D eigenvalue weighted by Crippen LogP contribution is 2.45. The van der Waals surface area contributed by atoms with Crippen LogP contribution in [-0.4, -0.2) is 9.97 Å². The number of aromatic amines is 2. The van der Waals surface area contributed by atoms with Crippen molar-refractivity contribution in [2.24, 2.45) is 0 Å². The van der Waals surface area contributed by atoms with E-state index in [4.69, 9.17) is 0 Å². The Morgan fingerprint density at radius 2 is 0.947 bits per heavy atom. The summed E-state index contributed by atoms with van der Waals surface area (Å²) in [6, 6.07) is 44.2. The van der Waals surface area contributed by atoms with Gasteiger partial charge in [-0.1, -0.05) is 91.0 Å². The third-order valence-electron chi connectivity index (χ3n) is 8.30. The molecule has 0 fully saturated rings. The van der Waals surface area contributed by atoms with Gasteiger partial charge in [0, 0.05) is 48.9 Å². The molecule has 0 amide bonds. The van der Waals surface area contributed by atoms with E-state index in [2.05, 4.69) is 131 Å². The van der Waals surface area contributed by atoms with E-state index >= 15 is 0 Å². The van der Waals surface area contributed by atoms with Gasteiger partial charge in [-0.25, -0.2) is 0 Å². The Kier molecular flexibility index (Phi) is 3.82. The smallest absolute Gasteiger partial charge is 0.0551 e. The van der Waals surface area contributed by atoms with E-state index in [0.717, 1.165) is 0 Å². The first-order valence-corrected chi connectivity index (χ1v) is 13.1. The van der Waals surface area contributed by atoms with E-state index < -0.39 is 0 Å². The van der Waals surface area contributed by atoms with Gasteiger partial charge < -0.3 is 9.97 Å². The van der Waals surface area contributed by atoms with Crippen molar-refractivity contribution >= 4 is 75.9 Å². The summed E-state index contributed by atoms with van der Waals surface area (Å²) >= 11 is 0. The summed E-state index contributed by atoms with van der Waals surface area (Å²) in [7, 11) is 0. The Bertz CT molecular complexity index is 2400. The van der Waals surface area contributed by atoms with Crippen LogP contribution in [0.2, 0.25) is 0 Å². The lowest BCUT2D eigenvalue weighted by atomic mass is 9.88. The molecule has 0 aliphatic rings. The summed E-state index contributed by atoms with van der Waals surface area (Å²) in [6.45, 7) is 0. The van der Waals surface area contributed by atoms with Gasteiger partial charge in [0.05, 0.1) is 5.52 Å². The highest BCUT2D eigenvalue weighted by atomic mass is 14.7. The van der Waals surface area contributed by atoms with Crippen molar-refractivity contribution in [1.82, 2.24) is 9.97 Å². The van der Waals surface area contributed by atoms with E-state index in [1.807, 2.05) is 0 Å². The molecule has 2 aromatic heterocycles. The number of nitrogens with one attached hydrogen (secondary N) is 2. The summed E-state index contributed by atoms with van der Waals surface area (Å²) in [5.41, 5.74) is 7.25. The number of aromatic nitrogens is 2. The number of hydrogen-bond donors (Lipinski definition) is 2. The number of hydrogen-bond acceptors (Lipinski definition) is 0. The molecular weight excluding hydrogens is 460 g/mol. The maximum absolute atomic E-state index is 3.75. The zero-order valence-electron chi connectivity index (χ0n) is 20.5. The molecule has 176 valence electrons. The van der Waals surface area contributed by atoms with Crippen LogP contribution in [0, 0.1) is 0 Å². The van der Waals surface area contributed by atoms with Crippen molar-refractivity contribution in [2.45, 2.75) is 0 Å². The Balaban J connectivity index is 1.50. The fourth-order valence-corrected chi connectivity index (χ4v) is 6.65. The van der Waals surface area contributed by atoms with Crippen LogP contribution in [0.25, 0.3) is 87.1 Å². The average Bonchev–Trinajstić information content (AvgIpc) is 3.55. The van der Waals surface area contributed by atoms with Gasteiger partial charge in [-0.2, -0.15) is 0 Å². The van der Waals surface area contributed by atoms with Crippen LogP contribution < -0.4 is 0 Å². The Morgan fingerprint density at radius 1 is 0.342 bits per heavy atom. The van der Waals surface area contributed by atoms with Crippen molar-refractivity contribution in [1.29, 1.82) is 0 Å². The SMILES string of the molecule is c1ccc2c(c1)[nH]c1ccc(-c3cc4c5ccccc5c5[nH]c6ccccc6c5c4c4ccccc34)cc12. The van der Waals surface area contributed by atoms with E-state index in [9.17, 15) is 0 Å². The molecule has 9 rings (SSSR count). The number of benzene rings is 7. The fraction of sp³-hybridized carbons (Fsp3) is 0. The molecule has 0 bridgehead atoms. The first kappa shape index (κ1) is 20.0. The highest BCUT2D eigenvalue weighted by Gasteiger charge is 2.18. The summed E-state index contributed by atoms with van der Waals surface area (Å²) in [5.74, 6) is 0. The van der Waals surface area contributed by atoms with Crippen LogP contribution in [0.5, 0.6) is 0 Å². The average molecular weight is 483 g/mol. The molecule has 7 aromatic carbocycles. The van der Waals surface area contributed by atoms with Gasteiger partial charge in [0.1, 0.15) is 0 Å². The van der Waals surface area contributed by atoms with Crippen molar-refractivity contribution in [3.05, 3.63) is 121 Å². The monoisotopic (exact) mass is 482 g/mol. The molecule has 0 atom stereocenters. The minimum absolute atomic E-state index is 1.17. The standard InChI is InChI=1S/C36H22N2/c1-3-12-25-22(9-1)28(21-17-18-33-29(19-21)24-11-5-7-15-31(24)37-33)20-30-23-10-2-4-13-26(23)36-35(34(25)30)27-14-6-8-16-32(27)38-36/h1-20,37-38H. The van der Waals surface area contributed by atoms with Crippen molar-refractivity contribution < 1.29 is 0 Å². The Labute approximate surface area is 218 Å². The maximum atomic E-state index is 3.75. The van der Waals surface area contributed by atoms with E-state index in [1.165, 1.54) is 87.1 Å². The third-order valence-corrected chi connectivity index (χ3v) is 8.30. The number of H-pyrrole nitrogens is 2. The molecule has 38 heavy (non-hydrogen) atoms. The van der Waals surface area contributed by atoms with Crippen LogP contribution >= 0.6 is 0 Å². The second kappa shape index (κ2) is 7.24. The molecule has 2 nitrogen and oxygen atoms in total. The van der Waals surface area contributed by atoms with E-state index in [-0.39, 0.29) is 0 Å². The summed E-state index contributed by atoms with van der Waals surface area (Å²) in [6.07, 6.45) is 0. The van der Waals surface area contributed by atoms with Crippen molar-refractivity contribution in [2.75, 3.05) is 0 Å². The highest BCUT2D eigenvalue weighted by molar-refractivity contribution is 6.37. The van der Waals surface area contributed by atoms with Crippen LogP contribution in [-0.2, 0) is 0 Å². The molecule has 2 heteroatoms. The molecule has 0 spiro atoms. The lowest BCUT2D eigenvalue weighted by Crippen LogP contribution is -1.88. The molecule has 9 aromatic rings. The van der Waals surface area contributed by atoms with Crippen LogP contribution in [0.4, 0.5) is 0 Å². The van der Waals surface area contributed by atoms with Gasteiger partial charge >= 0.3 is 0 Å². The van der Waals surface area contributed by atoms with Crippen LogP contribution in [0.15, 0.2) is 121 Å². The normalized spacial score (nSPS) is 12.2. The molecule has 0 aliphatic heterocycles. The van der Waals surface area contributed by atoms with Gasteiger partial charge in [-0.3, -0.25) is 0 Å². The summed E-state index contributed by atoms with van der Waals surface area (Å²) in [4.78, 5) is 7.33. The number of fused-ring (bicyclic) bond motifs is 13. The molecule has 0 aliphatic carbocycles. The number of para-hydroxylation sites is 2. The van der Waals surface area contributed by atoms with Gasteiger partial charge in [0.2, 0.25) is 0 Å². The van der Waals surface area contributed by atoms with Crippen LogP contribution in [0.1, 0.15) is 0 Å². The third kappa shape index (κ3) is 2.56. The molecule has 0 radical (unpaired) electrons. The second-order valence-electron chi connectivity index (χ2n) is 10.3. The van der Waals surface area contributed by atoms with Gasteiger partial charge in [0.25, 0.3) is 0 Å². The number of rotatable bonds is 1. The Morgan fingerprint density at radius 3 is 1.76 bits per heavy atom. The molecule has 0 saturated heterocycles. The molecule has 0 unspecified atom stereocenters. The minimum atomic E-state index is 1.17. The maximum Gasteiger partial charge on any atom is 0.0551 e. The zero-order valence-corrected chi connectivity index (χ0v) is 20.5. The van der Waals surface area contributed by atoms with Crippen LogP contribution in [0.3, 0.4) is 0 Å². The van der Waals surface area contributed by atoms with Crippen molar-refractivity contribution in [3.8, 4) is 11.1 Å². The van der Waals surface area contributed by atoms with Gasteiger partial charge in [-0.05, 0) is 63.0 Å². The van der Waals surface area contributed by atoms with E-state index in [1.54, 1.807) is 0 Å². The van der Waals surface area contributed by atoms with Crippen molar-refractivity contribution in [3.63, 3.8) is 0 Å². The lowest BCUT2D eigenvalue weighted by Gasteiger charge is -2.15. The fourth-order valence-electron chi connectivity index (χ4n) is 6.65. The first-order chi connectivity index (χ1) is 18.8. The lowest BCUT2D eigenvalue weighted by molar-refractivity contribution is 1.55. The zero-order chi connectivity index (χ0) is 24.8. The second-order valence-corrected chi connectivity index (χ2v) is 10.3. The van der Waals surface area contributed by atoms with Gasteiger partial charge in [0.15, 0.2) is 0 Å². The first-order valence-electron chi connectivity index (χ1n) is 13.1. The summed E-state index contributed by atoms with van der Waals surface area (Å²) < 4.78 is 0. The molecule has 2 heterocycles. The van der Waals surface area contributed by atoms with Gasteiger partial charge in [-0.15, -0.1) is 0 Å². The quantitative estimate of drug-likeness (QED) is 0.218. The predicted octanol–water partition coefficient (Wildman–Crippen LogP) is 10.1.